The SMILES string of the molecule is Cc1cc(C)nc(Nc2cccc([C@H]3CCCN3C(=O)CCN(C)c3cccc(F)c3)n2)n1. The zero-order valence-electron chi connectivity index (χ0n) is 19.3. The summed E-state index contributed by atoms with van der Waals surface area (Å²) in [6.45, 7) is 5.09. The predicted molar refractivity (Wildman–Crippen MR) is 127 cm³/mol. The van der Waals surface area contributed by atoms with Gasteiger partial charge in [0.05, 0.1) is 11.7 Å². The summed E-state index contributed by atoms with van der Waals surface area (Å²) >= 11 is 0. The number of aryl methyl sites for hydroxylation is 2. The van der Waals surface area contributed by atoms with E-state index in [1.165, 1.54) is 12.1 Å². The molecule has 8 heteroatoms. The number of nitrogens with zero attached hydrogens (tertiary/aromatic N) is 5. The first kappa shape index (κ1) is 22.6. The van der Waals surface area contributed by atoms with Gasteiger partial charge >= 0.3 is 0 Å². The van der Waals surface area contributed by atoms with E-state index in [0.717, 1.165) is 35.6 Å². The van der Waals surface area contributed by atoms with Crippen molar-refractivity contribution in [1.82, 2.24) is 19.9 Å². The van der Waals surface area contributed by atoms with E-state index in [1.807, 2.05) is 61.0 Å². The van der Waals surface area contributed by atoms with Crippen molar-refractivity contribution in [3.63, 3.8) is 0 Å². The van der Waals surface area contributed by atoms with E-state index < -0.39 is 0 Å². The number of hydrogen-bond donors (Lipinski definition) is 1. The number of rotatable bonds is 7. The largest absolute Gasteiger partial charge is 0.374 e. The molecule has 0 unspecified atom stereocenters. The first-order chi connectivity index (χ1) is 15.9. The van der Waals surface area contributed by atoms with Gasteiger partial charge in [-0.05, 0) is 63.1 Å². The van der Waals surface area contributed by atoms with E-state index in [9.17, 15) is 9.18 Å². The van der Waals surface area contributed by atoms with Crippen LogP contribution in [0.4, 0.5) is 21.8 Å². The van der Waals surface area contributed by atoms with Crippen molar-refractivity contribution in [3.8, 4) is 0 Å². The van der Waals surface area contributed by atoms with E-state index in [4.69, 9.17) is 4.98 Å². The van der Waals surface area contributed by atoms with Crippen LogP contribution in [-0.2, 0) is 4.79 Å². The number of carbonyl (C=O) groups is 1. The maximum Gasteiger partial charge on any atom is 0.228 e. The first-order valence-corrected chi connectivity index (χ1v) is 11.2. The number of benzene rings is 1. The van der Waals surface area contributed by atoms with Crippen molar-refractivity contribution in [3.05, 3.63) is 71.4 Å². The van der Waals surface area contributed by atoms with Crippen molar-refractivity contribution >= 4 is 23.4 Å². The van der Waals surface area contributed by atoms with Crippen LogP contribution in [0, 0.1) is 19.7 Å². The average Bonchev–Trinajstić information content (AvgIpc) is 3.27. The maximum atomic E-state index is 13.5. The second-order valence-corrected chi connectivity index (χ2v) is 8.44. The van der Waals surface area contributed by atoms with E-state index >= 15 is 0 Å². The van der Waals surface area contributed by atoms with Crippen molar-refractivity contribution in [2.45, 2.75) is 39.2 Å². The van der Waals surface area contributed by atoms with Crippen molar-refractivity contribution < 1.29 is 9.18 Å². The van der Waals surface area contributed by atoms with Gasteiger partial charge in [-0.2, -0.15) is 0 Å². The van der Waals surface area contributed by atoms with Gasteiger partial charge in [-0.25, -0.2) is 19.3 Å². The monoisotopic (exact) mass is 448 g/mol. The zero-order chi connectivity index (χ0) is 23.4. The molecule has 172 valence electrons. The third kappa shape index (κ3) is 5.63. The lowest BCUT2D eigenvalue weighted by Gasteiger charge is -2.26. The number of halogens is 1. The van der Waals surface area contributed by atoms with E-state index in [-0.39, 0.29) is 17.8 Å². The first-order valence-electron chi connectivity index (χ1n) is 11.2. The summed E-state index contributed by atoms with van der Waals surface area (Å²) in [6.07, 6.45) is 2.18. The topological polar surface area (TPSA) is 74.2 Å². The number of anilines is 3. The minimum atomic E-state index is -0.281. The van der Waals surface area contributed by atoms with E-state index in [2.05, 4.69) is 15.3 Å². The van der Waals surface area contributed by atoms with Gasteiger partial charge in [0.15, 0.2) is 0 Å². The number of amides is 1. The molecule has 3 heterocycles. The number of likely N-dealkylation sites (tertiary alicyclic amines) is 1. The van der Waals surface area contributed by atoms with Crippen LogP contribution in [0.3, 0.4) is 0 Å². The quantitative estimate of drug-likeness (QED) is 0.571. The molecule has 3 aromatic rings. The highest BCUT2D eigenvalue weighted by Crippen LogP contribution is 2.32. The molecule has 0 radical (unpaired) electrons. The third-order valence-corrected chi connectivity index (χ3v) is 5.82. The Hall–Kier alpha value is -3.55. The van der Waals surface area contributed by atoms with Gasteiger partial charge in [0.25, 0.3) is 0 Å². The average molecular weight is 449 g/mol. The summed E-state index contributed by atoms with van der Waals surface area (Å²) in [4.78, 5) is 30.5. The number of pyridine rings is 1. The van der Waals surface area contributed by atoms with Gasteiger partial charge in [-0.15, -0.1) is 0 Å². The summed E-state index contributed by atoms with van der Waals surface area (Å²) in [6, 6.07) is 14.0. The Bertz CT molecular complexity index is 1120. The lowest BCUT2D eigenvalue weighted by atomic mass is 10.1. The van der Waals surface area contributed by atoms with Crippen LogP contribution < -0.4 is 10.2 Å². The molecule has 1 aliphatic rings. The van der Waals surface area contributed by atoms with Crippen LogP contribution in [0.2, 0.25) is 0 Å². The highest BCUT2D eigenvalue weighted by molar-refractivity contribution is 5.77. The van der Waals surface area contributed by atoms with Crippen LogP contribution in [-0.4, -0.2) is 45.9 Å². The Morgan fingerprint density at radius 1 is 1.12 bits per heavy atom. The second-order valence-electron chi connectivity index (χ2n) is 8.44. The van der Waals surface area contributed by atoms with E-state index in [0.29, 0.717) is 31.3 Å². The van der Waals surface area contributed by atoms with Crippen LogP contribution in [0.25, 0.3) is 0 Å². The van der Waals surface area contributed by atoms with Crippen molar-refractivity contribution in [2.75, 3.05) is 30.4 Å². The standard InChI is InChI=1S/C25H29FN6O/c1-17-15-18(2)28-25(27-17)30-23-11-5-9-21(29-23)22-10-6-13-32(22)24(33)12-14-31(3)20-8-4-7-19(26)16-20/h4-5,7-9,11,15-16,22H,6,10,12-14H2,1-3H3,(H,27,28,29,30)/t22-/m1/s1. The molecule has 1 atom stereocenters. The summed E-state index contributed by atoms with van der Waals surface area (Å²) in [7, 11) is 1.87. The molecule has 0 spiro atoms. The molecular formula is C25H29FN6O. The molecule has 1 amide bonds. The summed E-state index contributed by atoms with van der Waals surface area (Å²) in [5.74, 6) is 0.967. The predicted octanol–water partition coefficient (Wildman–Crippen LogP) is 4.56. The molecule has 1 N–H and O–H groups in total. The Balaban J connectivity index is 1.42. The minimum absolute atomic E-state index is 0.0566. The number of hydrogen-bond acceptors (Lipinski definition) is 6. The Morgan fingerprint density at radius 3 is 2.64 bits per heavy atom. The molecule has 2 aromatic heterocycles. The van der Waals surface area contributed by atoms with Gasteiger partial charge in [-0.1, -0.05) is 12.1 Å². The lowest BCUT2D eigenvalue weighted by molar-refractivity contribution is -0.132. The number of aromatic nitrogens is 3. The molecule has 33 heavy (non-hydrogen) atoms. The fourth-order valence-electron chi connectivity index (χ4n) is 4.23. The molecule has 0 bridgehead atoms. The zero-order valence-corrected chi connectivity index (χ0v) is 19.3. The highest BCUT2D eigenvalue weighted by atomic mass is 19.1. The van der Waals surface area contributed by atoms with Gasteiger partial charge < -0.3 is 15.1 Å². The fourth-order valence-corrected chi connectivity index (χ4v) is 4.23. The Morgan fingerprint density at radius 2 is 1.88 bits per heavy atom. The molecule has 1 aromatic carbocycles. The minimum Gasteiger partial charge on any atom is -0.374 e. The number of carbonyl (C=O) groups excluding carboxylic acids is 1. The van der Waals surface area contributed by atoms with Crippen molar-refractivity contribution in [2.24, 2.45) is 0 Å². The molecule has 7 nitrogen and oxygen atoms in total. The summed E-state index contributed by atoms with van der Waals surface area (Å²) < 4.78 is 13.5. The van der Waals surface area contributed by atoms with E-state index in [1.54, 1.807) is 6.07 Å². The van der Waals surface area contributed by atoms with Gasteiger partial charge in [-0.3, -0.25) is 4.79 Å². The normalized spacial score (nSPS) is 15.5. The summed E-state index contributed by atoms with van der Waals surface area (Å²) in [5.41, 5.74) is 3.39. The molecule has 0 saturated carbocycles. The van der Waals surface area contributed by atoms with Crippen LogP contribution >= 0.6 is 0 Å². The fraction of sp³-hybridized carbons (Fsp3) is 0.360. The van der Waals surface area contributed by atoms with Crippen LogP contribution in [0.5, 0.6) is 0 Å². The van der Waals surface area contributed by atoms with Gasteiger partial charge in [0.2, 0.25) is 11.9 Å². The Labute approximate surface area is 193 Å². The van der Waals surface area contributed by atoms with Crippen molar-refractivity contribution in [1.29, 1.82) is 0 Å². The third-order valence-electron chi connectivity index (χ3n) is 5.82. The Kier molecular flexibility index (Phi) is 6.82. The molecule has 1 aliphatic heterocycles. The molecule has 1 saturated heterocycles. The number of nitrogens with one attached hydrogen (secondary N) is 1. The van der Waals surface area contributed by atoms with Gasteiger partial charge in [0.1, 0.15) is 11.6 Å². The van der Waals surface area contributed by atoms with Crippen LogP contribution in [0.15, 0.2) is 48.5 Å². The highest BCUT2D eigenvalue weighted by Gasteiger charge is 2.30. The molecule has 4 rings (SSSR count). The lowest BCUT2D eigenvalue weighted by Crippen LogP contribution is -2.33. The second kappa shape index (κ2) is 9.94. The molecular weight excluding hydrogens is 419 g/mol. The smallest absolute Gasteiger partial charge is 0.228 e. The molecule has 1 fully saturated rings. The summed E-state index contributed by atoms with van der Waals surface area (Å²) in [5, 5.41) is 3.18. The van der Waals surface area contributed by atoms with Crippen LogP contribution in [0.1, 0.15) is 42.4 Å². The van der Waals surface area contributed by atoms with Gasteiger partial charge in [0, 0.05) is 43.6 Å². The molecule has 0 aliphatic carbocycles. The maximum absolute atomic E-state index is 13.5.